The highest BCUT2D eigenvalue weighted by molar-refractivity contribution is 6.05. The first-order chi connectivity index (χ1) is 13.1. The van der Waals surface area contributed by atoms with Gasteiger partial charge in [-0.25, -0.2) is 4.79 Å². The number of hydrogen-bond acceptors (Lipinski definition) is 5. The number of nitrogens with zero attached hydrogens (tertiary/aromatic N) is 1. The lowest BCUT2D eigenvalue weighted by Crippen LogP contribution is -2.32. The number of benzene rings is 1. The van der Waals surface area contributed by atoms with Crippen LogP contribution in [-0.2, 0) is 4.74 Å². The van der Waals surface area contributed by atoms with Gasteiger partial charge in [-0.3, -0.25) is 14.6 Å². The lowest BCUT2D eigenvalue weighted by Gasteiger charge is -2.12. The third kappa shape index (κ3) is 4.69. The summed E-state index contributed by atoms with van der Waals surface area (Å²) in [7, 11) is 1.29. The second-order valence-electron chi connectivity index (χ2n) is 6.41. The molecule has 1 heterocycles. The minimum absolute atomic E-state index is 0.123. The maximum absolute atomic E-state index is 12.5. The summed E-state index contributed by atoms with van der Waals surface area (Å²) in [4.78, 5) is 40.5. The molecular weight excluding hydrogens is 346 g/mol. The van der Waals surface area contributed by atoms with Gasteiger partial charge in [0.2, 0.25) is 0 Å². The van der Waals surface area contributed by atoms with Crippen LogP contribution in [0.25, 0.3) is 0 Å². The highest BCUT2D eigenvalue weighted by atomic mass is 16.5. The molecule has 2 aromatic rings. The predicted molar refractivity (Wildman–Crippen MR) is 99.7 cm³/mol. The van der Waals surface area contributed by atoms with E-state index in [1.165, 1.54) is 25.4 Å². The number of carbonyl (C=O) groups excluding carboxylic acids is 3. The van der Waals surface area contributed by atoms with Crippen LogP contribution in [0.4, 0.5) is 5.69 Å². The summed E-state index contributed by atoms with van der Waals surface area (Å²) >= 11 is 0. The molecule has 0 saturated heterocycles. The van der Waals surface area contributed by atoms with Crippen molar-refractivity contribution in [3.63, 3.8) is 0 Å². The summed E-state index contributed by atoms with van der Waals surface area (Å²) < 4.78 is 4.67. The quantitative estimate of drug-likeness (QED) is 0.792. The van der Waals surface area contributed by atoms with Gasteiger partial charge in [0.05, 0.1) is 12.7 Å². The number of nitrogens with one attached hydrogen (secondary N) is 2. The third-order valence-corrected chi connectivity index (χ3v) is 4.49. The summed E-state index contributed by atoms with van der Waals surface area (Å²) in [6, 6.07) is 9.64. The standard InChI is InChI=1S/C20H21N3O4/c1-27-20(26)14-5-4-8-16(11-14)23-19(25)17-12-13(9-10-21-17)18(24)22-15-6-2-3-7-15/h4-5,8-12,15H,2-3,6-7H2,1H3,(H,22,24)(H,23,25). The second-order valence-corrected chi connectivity index (χ2v) is 6.41. The van der Waals surface area contributed by atoms with Crippen LogP contribution in [0.2, 0.25) is 0 Å². The molecule has 1 fully saturated rings. The minimum atomic E-state index is -0.491. The van der Waals surface area contributed by atoms with Gasteiger partial charge in [0.15, 0.2) is 0 Å². The van der Waals surface area contributed by atoms with Gasteiger partial charge in [-0.2, -0.15) is 0 Å². The molecule has 0 bridgehead atoms. The fourth-order valence-corrected chi connectivity index (χ4v) is 3.07. The Morgan fingerprint density at radius 1 is 1.04 bits per heavy atom. The number of esters is 1. The Labute approximate surface area is 157 Å². The lowest BCUT2D eigenvalue weighted by molar-refractivity contribution is 0.0600. The van der Waals surface area contributed by atoms with Crippen molar-refractivity contribution in [2.24, 2.45) is 0 Å². The van der Waals surface area contributed by atoms with Gasteiger partial charge in [-0.1, -0.05) is 18.9 Å². The van der Waals surface area contributed by atoms with Crippen molar-refractivity contribution in [3.8, 4) is 0 Å². The monoisotopic (exact) mass is 367 g/mol. The zero-order valence-electron chi connectivity index (χ0n) is 15.0. The average Bonchev–Trinajstić information content (AvgIpc) is 3.20. The smallest absolute Gasteiger partial charge is 0.337 e. The summed E-state index contributed by atoms with van der Waals surface area (Å²) in [6.07, 6.45) is 5.66. The average molecular weight is 367 g/mol. The lowest BCUT2D eigenvalue weighted by atomic mass is 10.1. The first-order valence-corrected chi connectivity index (χ1v) is 8.83. The molecule has 3 rings (SSSR count). The van der Waals surface area contributed by atoms with E-state index in [1.54, 1.807) is 24.3 Å². The number of aromatic nitrogens is 1. The SMILES string of the molecule is COC(=O)c1cccc(NC(=O)c2cc(C(=O)NC3CCCC3)ccn2)c1. The first-order valence-electron chi connectivity index (χ1n) is 8.83. The van der Waals surface area contributed by atoms with Crippen LogP contribution in [-0.4, -0.2) is 35.9 Å². The normalized spacial score (nSPS) is 13.8. The number of ether oxygens (including phenoxy) is 1. The summed E-state index contributed by atoms with van der Waals surface area (Å²) in [5.41, 5.74) is 1.28. The van der Waals surface area contributed by atoms with Crippen LogP contribution in [0.15, 0.2) is 42.6 Å². The molecule has 2 N–H and O–H groups in total. The first kappa shape index (κ1) is 18.6. The van der Waals surface area contributed by atoms with E-state index in [0.29, 0.717) is 16.8 Å². The molecule has 140 valence electrons. The van der Waals surface area contributed by atoms with E-state index < -0.39 is 11.9 Å². The van der Waals surface area contributed by atoms with E-state index in [2.05, 4.69) is 20.4 Å². The molecule has 2 amide bonds. The molecule has 0 atom stereocenters. The van der Waals surface area contributed by atoms with E-state index in [9.17, 15) is 14.4 Å². The van der Waals surface area contributed by atoms with Gasteiger partial charge < -0.3 is 15.4 Å². The second kappa shape index (κ2) is 8.44. The zero-order valence-corrected chi connectivity index (χ0v) is 15.0. The topological polar surface area (TPSA) is 97.4 Å². The van der Waals surface area contributed by atoms with E-state index in [4.69, 9.17) is 0 Å². The van der Waals surface area contributed by atoms with Crippen LogP contribution in [0.5, 0.6) is 0 Å². The van der Waals surface area contributed by atoms with Crippen LogP contribution < -0.4 is 10.6 Å². The molecule has 7 nitrogen and oxygen atoms in total. The van der Waals surface area contributed by atoms with E-state index in [0.717, 1.165) is 25.7 Å². The molecule has 1 aliphatic rings. The van der Waals surface area contributed by atoms with Crippen LogP contribution in [0.1, 0.15) is 56.9 Å². The molecule has 1 aliphatic carbocycles. The number of rotatable bonds is 5. The van der Waals surface area contributed by atoms with E-state index in [-0.39, 0.29) is 17.6 Å². The zero-order chi connectivity index (χ0) is 19.2. The van der Waals surface area contributed by atoms with E-state index >= 15 is 0 Å². The van der Waals surface area contributed by atoms with Gasteiger partial charge in [0, 0.05) is 23.5 Å². The van der Waals surface area contributed by atoms with Crippen molar-refractivity contribution in [1.82, 2.24) is 10.3 Å². The van der Waals surface area contributed by atoms with Crippen molar-refractivity contribution < 1.29 is 19.1 Å². The molecular formula is C20H21N3O4. The number of hydrogen-bond donors (Lipinski definition) is 2. The largest absolute Gasteiger partial charge is 0.465 e. The van der Waals surface area contributed by atoms with Gasteiger partial charge in [0.25, 0.3) is 11.8 Å². The molecule has 0 spiro atoms. The fraction of sp³-hybridized carbons (Fsp3) is 0.300. The van der Waals surface area contributed by atoms with Crippen molar-refractivity contribution in [2.45, 2.75) is 31.7 Å². The summed E-state index contributed by atoms with van der Waals surface area (Å²) in [5.74, 6) is -1.16. The van der Waals surface area contributed by atoms with Crippen LogP contribution >= 0.6 is 0 Å². The van der Waals surface area contributed by atoms with E-state index in [1.807, 2.05) is 0 Å². The molecule has 0 unspecified atom stereocenters. The number of carbonyl (C=O) groups is 3. The van der Waals surface area contributed by atoms with Crippen molar-refractivity contribution in [1.29, 1.82) is 0 Å². The van der Waals surface area contributed by atoms with Crippen LogP contribution in [0.3, 0.4) is 0 Å². The summed E-state index contributed by atoms with van der Waals surface area (Å²) in [5, 5.41) is 5.66. The molecule has 0 aliphatic heterocycles. The van der Waals surface area contributed by atoms with Gasteiger partial charge in [0.1, 0.15) is 5.69 Å². The van der Waals surface area contributed by atoms with Gasteiger partial charge >= 0.3 is 5.97 Å². The minimum Gasteiger partial charge on any atom is -0.465 e. The van der Waals surface area contributed by atoms with Crippen molar-refractivity contribution in [3.05, 3.63) is 59.4 Å². The van der Waals surface area contributed by atoms with Gasteiger partial charge in [-0.05, 0) is 43.2 Å². The Bertz CT molecular complexity index is 860. The maximum atomic E-state index is 12.5. The molecule has 7 heteroatoms. The Kier molecular flexibility index (Phi) is 5.80. The maximum Gasteiger partial charge on any atom is 0.337 e. The third-order valence-electron chi connectivity index (χ3n) is 4.49. The Hall–Kier alpha value is -3.22. The Balaban J connectivity index is 1.70. The Morgan fingerprint density at radius 2 is 1.81 bits per heavy atom. The number of methoxy groups -OCH3 is 1. The Morgan fingerprint density at radius 3 is 2.56 bits per heavy atom. The molecule has 1 aromatic carbocycles. The highest BCUT2D eigenvalue weighted by Gasteiger charge is 2.19. The highest BCUT2D eigenvalue weighted by Crippen LogP contribution is 2.18. The van der Waals surface area contributed by atoms with Gasteiger partial charge in [-0.15, -0.1) is 0 Å². The fourth-order valence-electron chi connectivity index (χ4n) is 3.07. The molecule has 0 radical (unpaired) electrons. The van der Waals surface area contributed by atoms with Crippen LogP contribution in [0, 0.1) is 0 Å². The summed E-state index contributed by atoms with van der Waals surface area (Å²) in [6.45, 7) is 0. The molecule has 1 aromatic heterocycles. The van der Waals surface area contributed by atoms with Crippen molar-refractivity contribution in [2.75, 3.05) is 12.4 Å². The number of pyridine rings is 1. The predicted octanol–water partition coefficient (Wildman–Crippen LogP) is 2.79. The molecule has 1 saturated carbocycles. The van der Waals surface area contributed by atoms with Crippen molar-refractivity contribution >= 4 is 23.5 Å². The number of amides is 2. The molecule has 27 heavy (non-hydrogen) atoms. The number of anilines is 1.